The average Bonchev–Trinajstić information content (AvgIpc) is 3.94. The zero-order chi connectivity index (χ0) is 45.5. The van der Waals surface area contributed by atoms with Gasteiger partial charge in [-0.2, -0.15) is 0 Å². The van der Waals surface area contributed by atoms with Gasteiger partial charge in [-0.15, -0.1) is 0 Å². The lowest BCUT2D eigenvalue weighted by molar-refractivity contribution is 1.17. The second kappa shape index (κ2) is 15.7. The third-order valence-corrected chi connectivity index (χ3v) is 19.7. The van der Waals surface area contributed by atoms with Crippen LogP contribution in [0.5, 0.6) is 0 Å². The quantitative estimate of drug-likeness (QED) is 0.116. The Morgan fingerprint density at radius 1 is 0.246 bits per heavy atom. The van der Waals surface area contributed by atoms with Crippen LogP contribution in [0.1, 0.15) is 0 Å². The summed E-state index contributed by atoms with van der Waals surface area (Å²) < 4.78 is 5.10. The van der Waals surface area contributed by atoms with E-state index < -0.39 is 8.07 Å². The van der Waals surface area contributed by atoms with Gasteiger partial charge in [-0.05, 0) is 96.1 Å². The molecule has 0 saturated heterocycles. The zero-order valence-corrected chi connectivity index (χ0v) is 38.8. The van der Waals surface area contributed by atoms with Crippen molar-refractivity contribution in [1.82, 2.24) is 9.13 Å². The first-order valence-corrected chi connectivity index (χ1v) is 25.9. The molecule has 69 heavy (non-hydrogen) atoms. The number of para-hydroxylation sites is 3. The van der Waals surface area contributed by atoms with Crippen molar-refractivity contribution in [3.8, 4) is 55.9 Å². The Morgan fingerprint density at radius 2 is 0.609 bits per heavy atom. The van der Waals surface area contributed by atoms with Gasteiger partial charge in [-0.1, -0.05) is 231 Å². The maximum absolute atomic E-state index is 3.19. The molecule has 0 bridgehead atoms. The number of rotatable bonds is 6. The largest absolute Gasteiger partial charge is 0.309 e. The highest BCUT2D eigenvalue weighted by atomic mass is 28.3. The van der Waals surface area contributed by atoms with Gasteiger partial charge in [0.15, 0.2) is 8.07 Å². The summed E-state index contributed by atoms with van der Waals surface area (Å²) in [5, 5.41) is 10.3. The molecule has 13 aromatic rings. The van der Waals surface area contributed by atoms with Gasteiger partial charge in [0.05, 0.1) is 27.8 Å². The fraction of sp³-hybridized carbons (Fsp3) is 0. The molecular weight excluding hydrogens is 849 g/mol. The SMILES string of the molecule is c1ccc([Si](c2ccccc2)(c2ccccc2)c2ccc3c(c2-n2c4ccccc4c4cc(-n5c6ccccc6c6ccccc65)ccc42)-c2ccccc2-c2ccccc2-c2ccccc2-3)cc1. The maximum atomic E-state index is 2.65. The van der Waals surface area contributed by atoms with Crippen LogP contribution < -0.4 is 20.7 Å². The number of hydrogen-bond donors (Lipinski definition) is 0. The van der Waals surface area contributed by atoms with E-state index in [1.54, 1.807) is 0 Å². The second-order valence-corrected chi connectivity index (χ2v) is 22.1. The Bertz CT molecular complexity index is 3970. The van der Waals surface area contributed by atoms with Gasteiger partial charge in [-0.25, -0.2) is 0 Å². The van der Waals surface area contributed by atoms with Gasteiger partial charge in [0.2, 0.25) is 0 Å². The first kappa shape index (κ1) is 39.4. The summed E-state index contributed by atoms with van der Waals surface area (Å²) in [6.07, 6.45) is 0. The van der Waals surface area contributed by atoms with Gasteiger partial charge < -0.3 is 9.13 Å². The predicted molar refractivity (Wildman–Crippen MR) is 294 cm³/mol. The highest BCUT2D eigenvalue weighted by Crippen LogP contribution is 2.50. The molecule has 3 heteroatoms. The highest BCUT2D eigenvalue weighted by molar-refractivity contribution is 7.20. The first-order chi connectivity index (χ1) is 34.3. The van der Waals surface area contributed by atoms with E-state index >= 15 is 0 Å². The van der Waals surface area contributed by atoms with Crippen LogP contribution >= 0.6 is 0 Å². The molecule has 2 nitrogen and oxygen atoms in total. The molecule has 0 saturated carbocycles. The van der Waals surface area contributed by atoms with Gasteiger partial charge in [0.25, 0.3) is 0 Å². The van der Waals surface area contributed by atoms with Crippen LogP contribution in [0.4, 0.5) is 0 Å². The van der Waals surface area contributed by atoms with Gasteiger partial charge >= 0.3 is 0 Å². The monoisotopic (exact) mass is 892 g/mol. The molecule has 1 aliphatic carbocycles. The van der Waals surface area contributed by atoms with E-state index in [1.165, 1.54) is 115 Å². The number of fused-ring (bicyclic) bond motifs is 14. The molecule has 0 fully saturated rings. The van der Waals surface area contributed by atoms with Gasteiger partial charge in [0, 0.05) is 32.8 Å². The molecule has 0 unspecified atom stereocenters. The van der Waals surface area contributed by atoms with Crippen LogP contribution in [0.2, 0.25) is 0 Å². The van der Waals surface area contributed by atoms with Gasteiger partial charge in [0.1, 0.15) is 0 Å². The van der Waals surface area contributed by atoms with Crippen molar-refractivity contribution in [3.05, 3.63) is 267 Å². The van der Waals surface area contributed by atoms with E-state index in [4.69, 9.17) is 0 Å². The molecule has 2 aromatic heterocycles. The standard InChI is InChI=1S/C66H44N2Si/c1-4-22-46(23-5-1)69(47-24-6-2-7-25-47,48-26-8-3-9-27-48)64-43-41-58-53-32-13-12-30-51(53)49-28-10-11-29-50(49)52-31-14-15-36-57(52)65(58)66(64)68-62-39-21-18-35-56(62)59-44-45(40-42-63(59)68)67-60-37-19-16-33-54(60)55-34-17-20-38-61(55)67/h1-44H. The molecule has 0 N–H and O–H groups in total. The van der Waals surface area contributed by atoms with E-state index in [1.807, 2.05) is 0 Å². The summed E-state index contributed by atoms with van der Waals surface area (Å²) in [5.74, 6) is 0. The summed E-state index contributed by atoms with van der Waals surface area (Å²) >= 11 is 0. The summed E-state index contributed by atoms with van der Waals surface area (Å²) in [6, 6.07) is 100. The fourth-order valence-corrected chi connectivity index (χ4v) is 17.0. The number of benzene rings is 11. The first-order valence-electron chi connectivity index (χ1n) is 23.9. The summed E-state index contributed by atoms with van der Waals surface area (Å²) in [5.41, 5.74) is 16.9. The zero-order valence-electron chi connectivity index (χ0n) is 37.8. The van der Waals surface area contributed by atoms with Crippen LogP contribution in [0.25, 0.3) is 99.5 Å². The van der Waals surface area contributed by atoms with Crippen LogP contribution in [-0.2, 0) is 0 Å². The van der Waals surface area contributed by atoms with Crippen LogP contribution in [0.15, 0.2) is 267 Å². The fourth-order valence-electron chi connectivity index (χ4n) is 12.0. The molecule has 0 spiro atoms. The average molecular weight is 893 g/mol. The Labute approximate surface area is 402 Å². The second-order valence-electron chi connectivity index (χ2n) is 18.3. The molecular formula is C66H44N2Si. The van der Waals surface area contributed by atoms with Crippen molar-refractivity contribution in [2.75, 3.05) is 0 Å². The summed E-state index contributed by atoms with van der Waals surface area (Å²) in [4.78, 5) is 0. The molecule has 1 aliphatic rings. The lowest BCUT2D eigenvalue weighted by Crippen LogP contribution is -2.75. The Hall–Kier alpha value is -8.76. The van der Waals surface area contributed by atoms with Crippen molar-refractivity contribution in [3.63, 3.8) is 0 Å². The molecule has 0 radical (unpaired) electrons. The minimum absolute atomic E-state index is 1.14. The normalized spacial score (nSPS) is 12.1. The van der Waals surface area contributed by atoms with E-state index in [9.17, 15) is 0 Å². The van der Waals surface area contributed by atoms with E-state index in [2.05, 4.69) is 276 Å². The minimum atomic E-state index is -3.19. The third kappa shape index (κ3) is 5.78. The molecule has 11 aromatic carbocycles. The minimum Gasteiger partial charge on any atom is -0.309 e. The van der Waals surface area contributed by atoms with Crippen molar-refractivity contribution in [1.29, 1.82) is 0 Å². The molecule has 14 rings (SSSR count). The van der Waals surface area contributed by atoms with Crippen LogP contribution in [0.3, 0.4) is 0 Å². The number of hydrogen-bond acceptors (Lipinski definition) is 0. The van der Waals surface area contributed by atoms with Crippen LogP contribution in [-0.4, -0.2) is 17.2 Å². The molecule has 0 atom stereocenters. The van der Waals surface area contributed by atoms with Gasteiger partial charge in [-0.3, -0.25) is 0 Å². The Balaban J connectivity index is 1.20. The summed E-state index contributed by atoms with van der Waals surface area (Å²) in [6.45, 7) is 0. The number of nitrogens with zero attached hydrogens (tertiary/aromatic N) is 2. The number of aromatic nitrogens is 2. The molecule has 2 heterocycles. The van der Waals surface area contributed by atoms with Crippen molar-refractivity contribution >= 4 is 72.4 Å². The van der Waals surface area contributed by atoms with E-state index in [-0.39, 0.29) is 0 Å². The van der Waals surface area contributed by atoms with Crippen molar-refractivity contribution < 1.29 is 0 Å². The van der Waals surface area contributed by atoms with E-state index in [0.29, 0.717) is 0 Å². The van der Waals surface area contributed by atoms with E-state index in [0.717, 1.165) is 5.69 Å². The molecule has 0 aliphatic heterocycles. The van der Waals surface area contributed by atoms with Crippen molar-refractivity contribution in [2.45, 2.75) is 0 Å². The Morgan fingerprint density at radius 3 is 1.10 bits per heavy atom. The molecule has 0 amide bonds. The third-order valence-electron chi connectivity index (χ3n) is 14.8. The molecule has 322 valence electrons. The lowest BCUT2D eigenvalue weighted by Gasteiger charge is -2.38. The Kier molecular flexibility index (Phi) is 8.95. The lowest BCUT2D eigenvalue weighted by atomic mass is 9.80. The topological polar surface area (TPSA) is 9.86 Å². The maximum Gasteiger partial charge on any atom is 0.181 e. The summed E-state index contributed by atoms with van der Waals surface area (Å²) in [7, 11) is -3.19. The predicted octanol–water partition coefficient (Wildman–Crippen LogP) is 14.2. The highest BCUT2D eigenvalue weighted by Gasteiger charge is 2.45. The van der Waals surface area contributed by atoms with Crippen molar-refractivity contribution in [2.24, 2.45) is 0 Å². The smallest absolute Gasteiger partial charge is 0.181 e. The van der Waals surface area contributed by atoms with Crippen LogP contribution in [0, 0.1) is 0 Å².